The number of benzene rings is 1. The minimum atomic E-state index is -0.287. The van der Waals surface area contributed by atoms with Crippen LogP contribution < -0.4 is 5.32 Å². The normalized spacial score (nSPS) is 13.1. The summed E-state index contributed by atoms with van der Waals surface area (Å²) in [5.41, 5.74) is 2.16. The Labute approximate surface area is 128 Å². The van der Waals surface area contributed by atoms with Crippen LogP contribution in [0, 0.1) is 5.92 Å². The predicted molar refractivity (Wildman–Crippen MR) is 86.6 cm³/mol. The first-order valence-electron chi connectivity index (χ1n) is 6.99. The summed E-state index contributed by atoms with van der Waals surface area (Å²) in [5, 5.41) is 14.3. The van der Waals surface area contributed by atoms with E-state index in [2.05, 4.69) is 52.2 Å². The van der Waals surface area contributed by atoms with Crippen LogP contribution in [0.3, 0.4) is 0 Å². The van der Waals surface area contributed by atoms with Gasteiger partial charge in [-0.25, -0.2) is 0 Å². The number of fused-ring (bicyclic) bond motifs is 1. The minimum absolute atomic E-state index is 0.287. The highest BCUT2D eigenvalue weighted by atomic mass is 79.9. The molecule has 0 amide bonds. The molecule has 2 rings (SSSR count). The van der Waals surface area contributed by atoms with E-state index in [0.29, 0.717) is 12.5 Å². The average molecular weight is 337 g/mol. The van der Waals surface area contributed by atoms with E-state index in [9.17, 15) is 5.11 Å². The SMILES string of the molecule is CC(C)CC(O)CNCc1ccc(Br)c2cccnc12. The van der Waals surface area contributed by atoms with E-state index in [-0.39, 0.29) is 6.10 Å². The zero-order valence-electron chi connectivity index (χ0n) is 11.9. The van der Waals surface area contributed by atoms with Crippen molar-refractivity contribution in [3.05, 3.63) is 40.5 Å². The van der Waals surface area contributed by atoms with Gasteiger partial charge in [0.15, 0.2) is 0 Å². The van der Waals surface area contributed by atoms with E-state index in [1.165, 1.54) is 0 Å². The molecule has 0 saturated heterocycles. The standard InChI is InChI=1S/C16H21BrN2O/c1-11(2)8-13(20)10-18-9-12-5-6-15(17)14-4-3-7-19-16(12)14/h3-7,11,13,18,20H,8-10H2,1-2H3. The molecule has 0 aliphatic carbocycles. The molecule has 1 atom stereocenters. The van der Waals surface area contributed by atoms with E-state index >= 15 is 0 Å². The van der Waals surface area contributed by atoms with Gasteiger partial charge >= 0.3 is 0 Å². The molecule has 108 valence electrons. The second kappa shape index (κ2) is 7.16. The molecule has 0 saturated carbocycles. The summed E-state index contributed by atoms with van der Waals surface area (Å²) in [4.78, 5) is 4.46. The smallest absolute Gasteiger partial charge is 0.0758 e. The Kier molecular flexibility index (Phi) is 5.52. The lowest BCUT2D eigenvalue weighted by Gasteiger charge is -2.14. The van der Waals surface area contributed by atoms with E-state index in [0.717, 1.165) is 33.9 Å². The predicted octanol–water partition coefficient (Wildman–Crippen LogP) is 3.49. The number of nitrogens with one attached hydrogen (secondary N) is 1. The summed E-state index contributed by atoms with van der Waals surface area (Å²) in [7, 11) is 0. The van der Waals surface area contributed by atoms with Crippen LogP contribution in [0.2, 0.25) is 0 Å². The van der Waals surface area contributed by atoms with E-state index in [4.69, 9.17) is 0 Å². The van der Waals surface area contributed by atoms with Crippen molar-refractivity contribution in [1.29, 1.82) is 0 Å². The van der Waals surface area contributed by atoms with Gasteiger partial charge in [0, 0.05) is 29.1 Å². The Balaban J connectivity index is 2.02. The fourth-order valence-electron chi connectivity index (χ4n) is 2.34. The number of aliphatic hydroxyl groups excluding tert-OH is 1. The first-order valence-corrected chi connectivity index (χ1v) is 7.78. The molecule has 0 aliphatic rings. The maximum atomic E-state index is 9.87. The quantitative estimate of drug-likeness (QED) is 0.848. The zero-order chi connectivity index (χ0) is 14.5. The van der Waals surface area contributed by atoms with Gasteiger partial charge in [0.2, 0.25) is 0 Å². The molecule has 0 aliphatic heterocycles. The summed E-state index contributed by atoms with van der Waals surface area (Å²) < 4.78 is 1.06. The molecule has 1 aromatic heterocycles. The summed E-state index contributed by atoms with van der Waals surface area (Å²) in [6.07, 6.45) is 2.35. The van der Waals surface area contributed by atoms with Crippen LogP contribution in [-0.4, -0.2) is 22.7 Å². The van der Waals surface area contributed by atoms with Crippen LogP contribution in [0.4, 0.5) is 0 Å². The molecule has 2 N–H and O–H groups in total. The van der Waals surface area contributed by atoms with Crippen molar-refractivity contribution < 1.29 is 5.11 Å². The van der Waals surface area contributed by atoms with Crippen molar-refractivity contribution in [2.45, 2.75) is 32.9 Å². The highest BCUT2D eigenvalue weighted by Gasteiger charge is 2.08. The van der Waals surface area contributed by atoms with E-state index in [1.807, 2.05) is 18.3 Å². The van der Waals surface area contributed by atoms with Crippen LogP contribution in [0.5, 0.6) is 0 Å². The van der Waals surface area contributed by atoms with Gasteiger partial charge in [-0.3, -0.25) is 4.98 Å². The monoisotopic (exact) mass is 336 g/mol. The molecular weight excluding hydrogens is 316 g/mol. The lowest BCUT2D eigenvalue weighted by Crippen LogP contribution is -2.27. The molecule has 20 heavy (non-hydrogen) atoms. The average Bonchev–Trinajstić information content (AvgIpc) is 2.41. The van der Waals surface area contributed by atoms with Crippen molar-refractivity contribution in [2.75, 3.05) is 6.54 Å². The molecule has 0 fully saturated rings. The van der Waals surface area contributed by atoms with Gasteiger partial charge in [-0.05, 0) is 30.0 Å². The van der Waals surface area contributed by atoms with Crippen LogP contribution >= 0.6 is 15.9 Å². The molecular formula is C16H21BrN2O. The van der Waals surface area contributed by atoms with Crippen molar-refractivity contribution in [3.63, 3.8) is 0 Å². The van der Waals surface area contributed by atoms with Gasteiger partial charge in [0.25, 0.3) is 0 Å². The van der Waals surface area contributed by atoms with E-state index < -0.39 is 0 Å². The largest absolute Gasteiger partial charge is 0.392 e. The molecule has 0 radical (unpaired) electrons. The second-order valence-corrected chi connectivity index (χ2v) is 6.37. The first-order chi connectivity index (χ1) is 9.58. The number of aliphatic hydroxyl groups is 1. The summed E-state index contributed by atoms with van der Waals surface area (Å²) >= 11 is 3.55. The summed E-state index contributed by atoms with van der Waals surface area (Å²) in [6, 6.07) is 8.12. The molecule has 2 aromatic rings. The fraction of sp³-hybridized carbons (Fsp3) is 0.438. The van der Waals surface area contributed by atoms with Crippen LogP contribution in [0.25, 0.3) is 10.9 Å². The third-order valence-electron chi connectivity index (χ3n) is 3.24. The Morgan fingerprint density at radius 1 is 1.30 bits per heavy atom. The molecule has 1 unspecified atom stereocenters. The first kappa shape index (κ1) is 15.4. The Bertz CT molecular complexity index is 571. The minimum Gasteiger partial charge on any atom is -0.392 e. The Morgan fingerprint density at radius 3 is 2.85 bits per heavy atom. The van der Waals surface area contributed by atoms with Crippen molar-refractivity contribution >= 4 is 26.8 Å². The number of nitrogens with zero attached hydrogens (tertiary/aromatic N) is 1. The third kappa shape index (κ3) is 4.01. The topological polar surface area (TPSA) is 45.1 Å². The molecule has 1 aromatic carbocycles. The molecule has 1 heterocycles. The van der Waals surface area contributed by atoms with E-state index in [1.54, 1.807) is 0 Å². The van der Waals surface area contributed by atoms with Gasteiger partial charge in [0.1, 0.15) is 0 Å². The number of rotatable bonds is 6. The van der Waals surface area contributed by atoms with Crippen molar-refractivity contribution in [3.8, 4) is 0 Å². The lowest BCUT2D eigenvalue weighted by atomic mass is 10.1. The highest BCUT2D eigenvalue weighted by molar-refractivity contribution is 9.10. The zero-order valence-corrected chi connectivity index (χ0v) is 13.5. The maximum Gasteiger partial charge on any atom is 0.0758 e. The van der Waals surface area contributed by atoms with Gasteiger partial charge in [-0.1, -0.05) is 41.9 Å². The third-order valence-corrected chi connectivity index (χ3v) is 3.93. The lowest BCUT2D eigenvalue weighted by molar-refractivity contribution is 0.146. The number of hydrogen-bond acceptors (Lipinski definition) is 3. The van der Waals surface area contributed by atoms with Crippen LogP contribution in [0.15, 0.2) is 34.9 Å². The van der Waals surface area contributed by atoms with Crippen LogP contribution in [0.1, 0.15) is 25.8 Å². The van der Waals surface area contributed by atoms with Gasteiger partial charge in [0.05, 0.1) is 11.6 Å². The van der Waals surface area contributed by atoms with Gasteiger partial charge in [-0.15, -0.1) is 0 Å². The molecule has 4 heteroatoms. The maximum absolute atomic E-state index is 9.87. The number of halogens is 1. The number of aromatic nitrogens is 1. The number of hydrogen-bond donors (Lipinski definition) is 2. The van der Waals surface area contributed by atoms with Gasteiger partial charge < -0.3 is 10.4 Å². The summed E-state index contributed by atoms with van der Waals surface area (Å²) in [5.74, 6) is 0.516. The van der Waals surface area contributed by atoms with Crippen molar-refractivity contribution in [1.82, 2.24) is 10.3 Å². The fourth-order valence-corrected chi connectivity index (χ4v) is 2.79. The van der Waals surface area contributed by atoms with Crippen molar-refractivity contribution in [2.24, 2.45) is 5.92 Å². The highest BCUT2D eigenvalue weighted by Crippen LogP contribution is 2.25. The van der Waals surface area contributed by atoms with Gasteiger partial charge in [-0.2, -0.15) is 0 Å². The molecule has 0 bridgehead atoms. The number of pyridine rings is 1. The van der Waals surface area contributed by atoms with Crippen LogP contribution in [-0.2, 0) is 6.54 Å². The second-order valence-electron chi connectivity index (χ2n) is 5.52. The Morgan fingerprint density at radius 2 is 2.10 bits per heavy atom. The summed E-state index contributed by atoms with van der Waals surface area (Å²) in [6.45, 7) is 5.57. The Hall–Kier alpha value is -0.970. The molecule has 3 nitrogen and oxygen atoms in total. The molecule has 0 spiro atoms.